The standard InChI is InChI=1S/C17H17ClO2/c1-13(16(19)14-8-4-2-5-9-14)17(20,12-18)15-10-6-3-7-11-15/h2-11,13,20H,12H2,1H3. The largest absolute Gasteiger partial charge is 0.383 e. The molecule has 0 bridgehead atoms. The molecule has 3 heteroatoms. The monoisotopic (exact) mass is 288 g/mol. The summed E-state index contributed by atoms with van der Waals surface area (Å²) in [5.74, 6) is -0.765. The molecule has 0 aromatic heterocycles. The van der Waals surface area contributed by atoms with Crippen molar-refractivity contribution < 1.29 is 9.90 Å². The zero-order valence-electron chi connectivity index (χ0n) is 11.3. The molecule has 2 atom stereocenters. The number of hydrogen-bond acceptors (Lipinski definition) is 2. The number of carbonyl (C=O) groups is 1. The molecule has 0 saturated carbocycles. The van der Waals surface area contributed by atoms with Gasteiger partial charge in [0, 0.05) is 5.56 Å². The third kappa shape index (κ3) is 2.77. The van der Waals surface area contributed by atoms with Crippen LogP contribution in [0, 0.1) is 5.92 Å². The molecule has 0 amide bonds. The number of rotatable bonds is 5. The Balaban J connectivity index is 2.34. The van der Waals surface area contributed by atoms with Crippen molar-refractivity contribution in [3.63, 3.8) is 0 Å². The van der Waals surface area contributed by atoms with Crippen LogP contribution >= 0.6 is 11.6 Å². The third-order valence-electron chi connectivity index (χ3n) is 3.65. The minimum absolute atomic E-state index is 0.0310. The Kier molecular flexibility index (Phi) is 4.58. The number of alkyl halides is 1. The quantitative estimate of drug-likeness (QED) is 0.674. The fraction of sp³-hybridized carbons (Fsp3) is 0.235. The van der Waals surface area contributed by atoms with E-state index < -0.39 is 11.5 Å². The first-order chi connectivity index (χ1) is 9.59. The highest BCUT2D eigenvalue weighted by molar-refractivity contribution is 6.19. The van der Waals surface area contributed by atoms with Gasteiger partial charge in [-0.05, 0) is 5.56 Å². The Morgan fingerprint density at radius 3 is 2.10 bits per heavy atom. The Labute approximate surface area is 124 Å². The fourth-order valence-electron chi connectivity index (χ4n) is 2.24. The van der Waals surface area contributed by atoms with Gasteiger partial charge in [-0.3, -0.25) is 4.79 Å². The maximum absolute atomic E-state index is 12.5. The van der Waals surface area contributed by atoms with E-state index in [-0.39, 0.29) is 11.7 Å². The average Bonchev–Trinajstić information content (AvgIpc) is 2.54. The van der Waals surface area contributed by atoms with Crippen LogP contribution in [0.4, 0.5) is 0 Å². The van der Waals surface area contributed by atoms with E-state index in [4.69, 9.17) is 11.6 Å². The summed E-state index contributed by atoms with van der Waals surface area (Å²) >= 11 is 5.97. The van der Waals surface area contributed by atoms with Crippen molar-refractivity contribution in [3.05, 3.63) is 71.8 Å². The zero-order valence-corrected chi connectivity index (χ0v) is 12.0. The van der Waals surface area contributed by atoms with Gasteiger partial charge in [0.05, 0.1) is 11.8 Å². The van der Waals surface area contributed by atoms with Gasteiger partial charge in [-0.25, -0.2) is 0 Å². The Hall–Kier alpha value is -1.64. The number of ketones is 1. The normalized spacial score (nSPS) is 15.3. The van der Waals surface area contributed by atoms with Crippen LogP contribution in [0.5, 0.6) is 0 Å². The van der Waals surface area contributed by atoms with Crippen LogP contribution in [0.15, 0.2) is 60.7 Å². The van der Waals surface area contributed by atoms with E-state index in [1.165, 1.54) is 0 Å². The molecule has 0 heterocycles. The van der Waals surface area contributed by atoms with Crippen molar-refractivity contribution >= 4 is 17.4 Å². The lowest BCUT2D eigenvalue weighted by atomic mass is 9.79. The lowest BCUT2D eigenvalue weighted by molar-refractivity contribution is 0.00971. The molecule has 0 aliphatic carbocycles. The summed E-state index contributed by atoms with van der Waals surface area (Å²) in [5, 5.41) is 10.8. The topological polar surface area (TPSA) is 37.3 Å². The van der Waals surface area contributed by atoms with Crippen molar-refractivity contribution in [3.8, 4) is 0 Å². The van der Waals surface area contributed by atoms with Crippen LogP contribution in [0.1, 0.15) is 22.8 Å². The molecule has 0 fully saturated rings. The molecule has 1 N–H and O–H groups in total. The number of carbonyl (C=O) groups excluding carboxylic acids is 1. The first-order valence-corrected chi connectivity index (χ1v) is 7.06. The first-order valence-electron chi connectivity index (χ1n) is 6.52. The van der Waals surface area contributed by atoms with Gasteiger partial charge in [0.25, 0.3) is 0 Å². The molecule has 0 aliphatic rings. The van der Waals surface area contributed by atoms with E-state index >= 15 is 0 Å². The summed E-state index contributed by atoms with van der Waals surface area (Å²) in [7, 11) is 0. The van der Waals surface area contributed by atoms with E-state index in [2.05, 4.69) is 0 Å². The number of hydrogen-bond donors (Lipinski definition) is 1. The predicted molar refractivity (Wildman–Crippen MR) is 81.0 cm³/mol. The van der Waals surface area contributed by atoms with Gasteiger partial charge in [-0.15, -0.1) is 11.6 Å². The predicted octanol–water partition coefficient (Wildman–Crippen LogP) is 3.63. The zero-order chi connectivity index (χ0) is 14.6. The second kappa shape index (κ2) is 6.21. The lowest BCUT2D eigenvalue weighted by Gasteiger charge is -2.32. The summed E-state index contributed by atoms with van der Waals surface area (Å²) in [6.45, 7) is 1.71. The third-order valence-corrected chi connectivity index (χ3v) is 4.05. The second-order valence-corrected chi connectivity index (χ2v) is 5.14. The van der Waals surface area contributed by atoms with Gasteiger partial charge >= 0.3 is 0 Å². The summed E-state index contributed by atoms with van der Waals surface area (Å²) < 4.78 is 0. The van der Waals surface area contributed by atoms with E-state index in [1.54, 1.807) is 31.2 Å². The maximum atomic E-state index is 12.5. The maximum Gasteiger partial charge on any atom is 0.168 e. The molecule has 2 aromatic rings. The molecule has 0 radical (unpaired) electrons. The van der Waals surface area contributed by atoms with E-state index in [0.29, 0.717) is 11.1 Å². The van der Waals surface area contributed by atoms with Crippen LogP contribution in [0.2, 0.25) is 0 Å². The molecule has 0 saturated heterocycles. The van der Waals surface area contributed by atoms with Gasteiger partial charge in [-0.1, -0.05) is 67.6 Å². The smallest absolute Gasteiger partial charge is 0.168 e. The molecule has 0 spiro atoms. The lowest BCUT2D eigenvalue weighted by Crippen LogP contribution is -2.40. The van der Waals surface area contributed by atoms with Gasteiger partial charge in [-0.2, -0.15) is 0 Å². The summed E-state index contributed by atoms with van der Waals surface area (Å²) in [4.78, 5) is 12.5. The molecular formula is C17H17ClO2. The van der Waals surface area contributed by atoms with E-state index in [1.807, 2.05) is 36.4 Å². The molecular weight excluding hydrogens is 272 g/mol. The molecule has 2 nitrogen and oxygen atoms in total. The molecule has 104 valence electrons. The van der Waals surface area contributed by atoms with Crippen LogP contribution < -0.4 is 0 Å². The number of halogens is 1. The second-order valence-electron chi connectivity index (χ2n) is 4.88. The van der Waals surface area contributed by atoms with Gasteiger partial charge in [0.15, 0.2) is 5.78 Å². The van der Waals surface area contributed by atoms with Crippen molar-refractivity contribution in [1.82, 2.24) is 0 Å². The van der Waals surface area contributed by atoms with E-state index in [0.717, 1.165) is 0 Å². The van der Waals surface area contributed by atoms with Gasteiger partial charge < -0.3 is 5.11 Å². The molecule has 2 unspecified atom stereocenters. The SMILES string of the molecule is CC(C(=O)c1ccccc1)C(O)(CCl)c1ccccc1. The summed E-state index contributed by atoms with van der Waals surface area (Å²) in [5.41, 5.74) is -0.123. The van der Waals surface area contributed by atoms with Crippen LogP contribution in [-0.4, -0.2) is 16.8 Å². The molecule has 2 aromatic carbocycles. The number of benzene rings is 2. The highest BCUT2D eigenvalue weighted by Gasteiger charge is 2.39. The minimum Gasteiger partial charge on any atom is -0.383 e. The Bertz CT molecular complexity index is 568. The summed E-state index contributed by atoms with van der Waals surface area (Å²) in [6.07, 6.45) is 0. The molecule has 0 aliphatic heterocycles. The van der Waals surface area contributed by atoms with Gasteiger partial charge in [0.2, 0.25) is 0 Å². The highest BCUT2D eigenvalue weighted by atomic mass is 35.5. The Morgan fingerprint density at radius 1 is 1.10 bits per heavy atom. The van der Waals surface area contributed by atoms with Crippen molar-refractivity contribution in [2.75, 3.05) is 5.88 Å². The van der Waals surface area contributed by atoms with Crippen molar-refractivity contribution in [2.24, 2.45) is 5.92 Å². The first kappa shape index (κ1) is 14.8. The van der Waals surface area contributed by atoms with Crippen LogP contribution in [-0.2, 0) is 5.60 Å². The van der Waals surface area contributed by atoms with Crippen LogP contribution in [0.25, 0.3) is 0 Å². The summed E-state index contributed by atoms with van der Waals surface area (Å²) in [6, 6.07) is 18.1. The van der Waals surface area contributed by atoms with Crippen molar-refractivity contribution in [2.45, 2.75) is 12.5 Å². The Morgan fingerprint density at radius 2 is 1.60 bits per heavy atom. The highest BCUT2D eigenvalue weighted by Crippen LogP contribution is 2.33. The molecule has 20 heavy (non-hydrogen) atoms. The minimum atomic E-state index is -1.37. The van der Waals surface area contributed by atoms with Gasteiger partial charge in [0.1, 0.15) is 5.60 Å². The average molecular weight is 289 g/mol. The molecule has 2 rings (SSSR count). The van der Waals surface area contributed by atoms with Crippen molar-refractivity contribution in [1.29, 1.82) is 0 Å². The number of Topliss-reactive ketones (excluding diaryl/α,β-unsaturated/α-hetero) is 1. The fourth-order valence-corrected chi connectivity index (χ4v) is 2.62. The van der Waals surface area contributed by atoms with E-state index in [9.17, 15) is 9.90 Å². The number of aliphatic hydroxyl groups is 1. The van der Waals surface area contributed by atoms with Crippen LogP contribution in [0.3, 0.4) is 0 Å².